The Labute approximate surface area is 285 Å². The predicted octanol–water partition coefficient (Wildman–Crippen LogP) is 10.2. The Hall–Kier alpha value is -4.96. The Morgan fingerprint density at radius 2 is 0.833 bits per heavy atom. The van der Waals surface area contributed by atoms with Gasteiger partial charge in [-0.15, -0.1) is 0 Å². The first-order valence-corrected chi connectivity index (χ1v) is 16.9. The lowest BCUT2D eigenvalue weighted by Crippen LogP contribution is -2.43. The predicted molar refractivity (Wildman–Crippen MR) is 196 cm³/mol. The molecule has 0 aliphatic heterocycles. The molecule has 0 saturated carbocycles. The molecule has 0 unspecified atom stereocenters. The van der Waals surface area contributed by atoms with Crippen molar-refractivity contribution in [1.82, 2.24) is 19.9 Å². The van der Waals surface area contributed by atoms with Crippen molar-refractivity contribution in [1.29, 1.82) is 0 Å². The zero-order valence-electron chi connectivity index (χ0n) is 29.3. The first kappa shape index (κ1) is 31.6. The molecule has 0 spiro atoms. The standard InChI is InChI=1S/C44H44N4/c1-41(2,3)37-25-23-29(27-45-37)35-19-13-21-39(47-35)44(33-17-11-9-15-31(33)43(7,8)32-16-10-12-18-34(32)44)40-22-14-20-36(48-40)30-24-26-38(46-28-30)42(4,5)6/h9-28H,1-8H3. The van der Waals surface area contributed by atoms with Crippen LogP contribution in [-0.2, 0) is 21.7 Å². The van der Waals surface area contributed by atoms with E-state index in [9.17, 15) is 0 Å². The van der Waals surface area contributed by atoms with Crippen LogP contribution in [0, 0.1) is 0 Å². The zero-order chi connectivity index (χ0) is 33.9. The molecule has 0 N–H and O–H groups in total. The molecule has 6 aromatic rings. The van der Waals surface area contributed by atoms with Crippen molar-refractivity contribution in [3.63, 3.8) is 0 Å². The number of fused-ring (bicyclic) bond motifs is 2. The van der Waals surface area contributed by atoms with E-state index in [0.29, 0.717) is 0 Å². The van der Waals surface area contributed by atoms with E-state index < -0.39 is 5.41 Å². The van der Waals surface area contributed by atoms with Crippen LogP contribution in [0.4, 0.5) is 0 Å². The molecule has 4 nitrogen and oxygen atoms in total. The fourth-order valence-corrected chi connectivity index (χ4v) is 7.27. The summed E-state index contributed by atoms with van der Waals surface area (Å²) in [7, 11) is 0. The van der Waals surface area contributed by atoms with Crippen LogP contribution in [0.2, 0.25) is 0 Å². The number of pyridine rings is 4. The van der Waals surface area contributed by atoms with Crippen molar-refractivity contribution in [2.45, 2.75) is 77.0 Å². The minimum absolute atomic E-state index is 0.0283. The lowest BCUT2D eigenvalue weighted by atomic mass is 9.56. The molecule has 7 rings (SSSR count). The Morgan fingerprint density at radius 1 is 0.438 bits per heavy atom. The van der Waals surface area contributed by atoms with Gasteiger partial charge >= 0.3 is 0 Å². The molecule has 0 bridgehead atoms. The number of aromatic nitrogens is 4. The van der Waals surface area contributed by atoms with E-state index in [4.69, 9.17) is 19.9 Å². The van der Waals surface area contributed by atoms with Crippen molar-refractivity contribution in [3.8, 4) is 22.5 Å². The summed E-state index contributed by atoms with van der Waals surface area (Å²) in [4.78, 5) is 20.7. The number of hydrogen-bond donors (Lipinski definition) is 0. The fraction of sp³-hybridized carbons (Fsp3) is 0.273. The molecule has 1 aliphatic carbocycles. The largest absolute Gasteiger partial charge is 0.260 e. The molecule has 0 amide bonds. The van der Waals surface area contributed by atoms with E-state index in [2.05, 4.69) is 165 Å². The number of rotatable bonds is 4. The molecule has 1 aliphatic rings. The Balaban J connectivity index is 1.50. The van der Waals surface area contributed by atoms with Gasteiger partial charge in [0.2, 0.25) is 0 Å². The van der Waals surface area contributed by atoms with Crippen LogP contribution in [0.15, 0.2) is 122 Å². The molecule has 0 saturated heterocycles. The zero-order valence-corrected chi connectivity index (χ0v) is 29.3. The normalized spacial score (nSPS) is 15.0. The van der Waals surface area contributed by atoms with Gasteiger partial charge in [-0.2, -0.15) is 0 Å². The monoisotopic (exact) mass is 628 g/mol. The highest BCUT2D eigenvalue weighted by molar-refractivity contribution is 5.70. The van der Waals surface area contributed by atoms with Crippen LogP contribution in [0.5, 0.6) is 0 Å². The lowest BCUT2D eigenvalue weighted by Gasteiger charge is -2.46. The van der Waals surface area contributed by atoms with Gasteiger partial charge in [0.1, 0.15) is 5.41 Å². The highest BCUT2D eigenvalue weighted by Crippen LogP contribution is 2.55. The fourth-order valence-electron chi connectivity index (χ4n) is 7.27. The van der Waals surface area contributed by atoms with Gasteiger partial charge in [-0.3, -0.25) is 19.9 Å². The van der Waals surface area contributed by atoms with Gasteiger partial charge in [0.15, 0.2) is 0 Å². The summed E-state index contributed by atoms with van der Waals surface area (Å²) in [5, 5.41) is 0. The van der Waals surface area contributed by atoms with Gasteiger partial charge in [0.25, 0.3) is 0 Å². The summed E-state index contributed by atoms with van der Waals surface area (Å²) < 4.78 is 0. The van der Waals surface area contributed by atoms with Crippen molar-refractivity contribution in [3.05, 3.63) is 167 Å². The van der Waals surface area contributed by atoms with Crippen LogP contribution in [0.25, 0.3) is 22.5 Å². The van der Waals surface area contributed by atoms with E-state index in [0.717, 1.165) is 45.3 Å². The second kappa shape index (κ2) is 11.3. The maximum atomic E-state index is 5.50. The van der Waals surface area contributed by atoms with Gasteiger partial charge < -0.3 is 0 Å². The highest BCUT2D eigenvalue weighted by Gasteiger charge is 2.50. The molecule has 2 aromatic carbocycles. The average molecular weight is 629 g/mol. The molecule has 4 heteroatoms. The molecule has 4 heterocycles. The van der Waals surface area contributed by atoms with E-state index in [1.54, 1.807) is 0 Å². The SMILES string of the molecule is CC(C)(C)c1ccc(-c2cccc(C3(c4cccc(-c5ccc(C(C)(C)C)nc5)n4)c4ccccc4C(C)(C)c4ccccc43)n2)cn1. The Bertz CT molecular complexity index is 1960. The smallest absolute Gasteiger partial charge is 0.105 e. The van der Waals surface area contributed by atoms with Crippen molar-refractivity contribution < 1.29 is 0 Å². The molecular weight excluding hydrogens is 585 g/mol. The minimum Gasteiger partial charge on any atom is -0.260 e. The summed E-state index contributed by atoms with van der Waals surface area (Å²) in [6.07, 6.45) is 3.91. The van der Waals surface area contributed by atoms with Crippen LogP contribution in [-0.4, -0.2) is 19.9 Å². The Kier molecular flexibility index (Phi) is 7.47. The van der Waals surface area contributed by atoms with E-state index in [1.807, 2.05) is 12.4 Å². The second-order valence-electron chi connectivity index (χ2n) is 15.6. The molecule has 0 atom stereocenters. The first-order chi connectivity index (χ1) is 22.8. The number of nitrogens with zero attached hydrogens (tertiary/aromatic N) is 4. The molecule has 240 valence electrons. The quantitative estimate of drug-likeness (QED) is 0.195. The van der Waals surface area contributed by atoms with Crippen LogP contribution in [0.3, 0.4) is 0 Å². The highest BCUT2D eigenvalue weighted by atomic mass is 14.8. The third-order valence-electron chi connectivity index (χ3n) is 9.93. The maximum absolute atomic E-state index is 5.50. The number of hydrogen-bond acceptors (Lipinski definition) is 4. The van der Waals surface area contributed by atoms with E-state index in [1.165, 1.54) is 22.3 Å². The number of benzene rings is 2. The van der Waals surface area contributed by atoms with Gasteiger partial charge in [-0.1, -0.05) is 116 Å². The summed E-state index contributed by atoms with van der Waals surface area (Å²) in [5.41, 5.74) is 11.6. The third kappa shape index (κ3) is 5.15. The summed E-state index contributed by atoms with van der Waals surface area (Å²) in [5.74, 6) is 0. The maximum Gasteiger partial charge on any atom is 0.105 e. The van der Waals surface area contributed by atoms with Crippen molar-refractivity contribution in [2.24, 2.45) is 0 Å². The Morgan fingerprint density at radius 3 is 1.19 bits per heavy atom. The van der Waals surface area contributed by atoms with Crippen LogP contribution >= 0.6 is 0 Å². The second-order valence-corrected chi connectivity index (χ2v) is 15.6. The van der Waals surface area contributed by atoms with Crippen molar-refractivity contribution in [2.75, 3.05) is 0 Å². The van der Waals surface area contributed by atoms with E-state index in [-0.39, 0.29) is 16.2 Å². The molecular formula is C44H44N4. The summed E-state index contributed by atoms with van der Waals surface area (Å²) in [6.45, 7) is 17.8. The first-order valence-electron chi connectivity index (χ1n) is 16.9. The summed E-state index contributed by atoms with van der Waals surface area (Å²) >= 11 is 0. The average Bonchev–Trinajstić information content (AvgIpc) is 3.08. The topological polar surface area (TPSA) is 51.6 Å². The van der Waals surface area contributed by atoms with Crippen LogP contribution < -0.4 is 0 Å². The molecule has 0 radical (unpaired) electrons. The van der Waals surface area contributed by atoms with Gasteiger partial charge in [0, 0.05) is 51.2 Å². The lowest BCUT2D eigenvalue weighted by molar-refractivity contribution is 0.545. The summed E-state index contributed by atoms with van der Waals surface area (Å²) in [6, 6.07) is 39.0. The molecule has 4 aromatic heterocycles. The van der Waals surface area contributed by atoms with Gasteiger partial charge in [0.05, 0.1) is 22.8 Å². The molecule has 48 heavy (non-hydrogen) atoms. The van der Waals surface area contributed by atoms with Gasteiger partial charge in [-0.05, 0) is 70.8 Å². The molecule has 0 fully saturated rings. The third-order valence-corrected chi connectivity index (χ3v) is 9.93. The van der Waals surface area contributed by atoms with Gasteiger partial charge in [-0.25, -0.2) is 0 Å². The minimum atomic E-state index is -0.772. The van der Waals surface area contributed by atoms with E-state index >= 15 is 0 Å². The van der Waals surface area contributed by atoms with Crippen LogP contribution in [0.1, 0.15) is 100 Å². The van der Waals surface area contributed by atoms with Crippen molar-refractivity contribution >= 4 is 0 Å².